The highest BCUT2D eigenvalue weighted by Crippen LogP contribution is 2.34. The molecule has 2 heterocycles. The van der Waals surface area contributed by atoms with Gasteiger partial charge in [-0.1, -0.05) is 13.8 Å². The fourth-order valence-corrected chi connectivity index (χ4v) is 3.54. The lowest BCUT2D eigenvalue weighted by Crippen LogP contribution is -2.45. The summed E-state index contributed by atoms with van der Waals surface area (Å²) in [6.45, 7) is 9.05. The van der Waals surface area contributed by atoms with Gasteiger partial charge in [-0.05, 0) is 42.5 Å². The standard InChI is InChI=1S/C19H29N3O.2ClH/c1-14(2)4-7-19(22-10-8-20-9-11-22)17-13-21-18-6-5-15(23-3)12-16(17)18;;/h5-6,12-14,19-21H,4,7-11H2,1-3H3;2*1H/t19-;;/m0../s1. The van der Waals surface area contributed by atoms with Crippen molar-refractivity contribution >= 4 is 35.7 Å². The number of hydrogen-bond acceptors (Lipinski definition) is 3. The summed E-state index contributed by atoms with van der Waals surface area (Å²) in [6, 6.07) is 6.80. The first kappa shape index (κ1) is 22.1. The van der Waals surface area contributed by atoms with Crippen LogP contribution < -0.4 is 10.1 Å². The first-order valence-electron chi connectivity index (χ1n) is 8.79. The summed E-state index contributed by atoms with van der Waals surface area (Å²) in [5, 5.41) is 4.77. The number of aromatic amines is 1. The molecule has 2 aromatic rings. The van der Waals surface area contributed by atoms with Gasteiger partial charge in [-0.15, -0.1) is 24.8 Å². The number of benzene rings is 1. The third kappa shape index (κ3) is 5.27. The number of ether oxygens (including phenoxy) is 1. The number of halogens is 2. The normalized spacial score (nSPS) is 16.3. The van der Waals surface area contributed by atoms with Crippen molar-refractivity contribution in [1.82, 2.24) is 15.2 Å². The van der Waals surface area contributed by atoms with Gasteiger partial charge in [0.05, 0.1) is 7.11 Å². The minimum absolute atomic E-state index is 0. The van der Waals surface area contributed by atoms with E-state index >= 15 is 0 Å². The predicted molar refractivity (Wildman–Crippen MR) is 111 cm³/mol. The number of piperazine rings is 1. The summed E-state index contributed by atoms with van der Waals surface area (Å²) in [6.07, 6.45) is 4.67. The van der Waals surface area contributed by atoms with Crippen LogP contribution >= 0.6 is 24.8 Å². The zero-order valence-electron chi connectivity index (χ0n) is 15.4. The topological polar surface area (TPSA) is 40.3 Å². The van der Waals surface area contributed by atoms with E-state index in [1.54, 1.807) is 7.11 Å². The van der Waals surface area contributed by atoms with E-state index in [0.717, 1.165) is 37.8 Å². The predicted octanol–water partition coefficient (Wildman–Crippen LogP) is 4.40. The lowest BCUT2D eigenvalue weighted by molar-refractivity contribution is 0.161. The monoisotopic (exact) mass is 387 g/mol. The van der Waals surface area contributed by atoms with Crippen LogP contribution in [-0.2, 0) is 0 Å². The van der Waals surface area contributed by atoms with Gasteiger partial charge in [-0.25, -0.2) is 0 Å². The van der Waals surface area contributed by atoms with Gasteiger partial charge >= 0.3 is 0 Å². The third-order valence-corrected chi connectivity index (χ3v) is 4.89. The van der Waals surface area contributed by atoms with Crippen molar-refractivity contribution in [3.05, 3.63) is 30.0 Å². The Labute approximate surface area is 163 Å². The van der Waals surface area contributed by atoms with Crippen molar-refractivity contribution in [2.24, 2.45) is 5.92 Å². The van der Waals surface area contributed by atoms with E-state index in [4.69, 9.17) is 4.74 Å². The number of methoxy groups -OCH3 is 1. The number of aromatic nitrogens is 1. The van der Waals surface area contributed by atoms with Crippen molar-refractivity contribution in [2.75, 3.05) is 33.3 Å². The van der Waals surface area contributed by atoms with Gasteiger partial charge in [-0.3, -0.25) is 4.90 Å². The van der Waals surface area contributed by atoms with Gasteiger partial charge in [0.25, 0.3) is 0 Å². The molecule has 2 N–H and O–H groups in total. The number of rotatable bonds is 6. The van der Waals surface area contributed by atoms with E-state index in [-0.39, 0.29) is 24.8 Å². The number of H-pyrrole nitrogens is 1. The molecule has 3 rings (SSSR count). The Balaban J connectivity index is 0.00000156. The summed E-state index contributed by atoms with van der Waals surface area (Å²) >= 11 is 0. The minimum Gasteiger partial charge on any atom is -0.497 e. The van der Waals surface area contributed by atoms with Crippen LogP contribution in [0.4, 0.5) is 0 Å². The van der Waals surface area contributed by atoms with E-state index in [1.807, 2.05) is 6.07 Å². The maximum Gasteiger partial charge on any atom is 0.119 e. The van der Waals surface area contributed by atoms with Crippen LogP contribution in [0.25, 0.3) is 10.9 Å². The average molecular weight is 388 g/mol. The molecule has 0 radical (unpaired) electrons. The summed E-state index contributed by atoms with van der Waals surface area (Å²) in [5.41, 5.74) is 2.62. The molecular weight excluding hydrogens is 357 g/mol. The van der Waals surface area contributed by atoms with Crippen molar-refractivity contribution in [1.29, 1.82) is 0 Å². The van der Waals surface area contributed by atoms with Crippen molar-refractivity contribution in [3.8, 4) is 5.75 Å². The molecule has 1 aromatic carbocycles. The van der Waals surface area contributed by atoms with E-state index in [0.29, 0.717) is 6.04 Å². The Bertz CT molecular complexity index is 639. The Morgan fingerprint density at radius 3 is 2.48 bits per heavy atom. The molecular formula is C19H31Cl2N3O. The fourth-order valence-electron chi connectivity index (χ4n) is 3.54. The molecule has 1 aliphatic rings. The van der Waals surface area contributed by atoms with Crippen molar-refractivity contribution < 1.29 is 4.74 Å². The number of nitrogens with one attached hydrogen (secondary N) is 2. The molecule has 0 spiro atoms. The van der Waals surface area contributed by atoms with Gasteiger partial charge in [-0.2, -0.15) is 0 Å². The van der Waals surface area contributed by atoms with E-state index in [2.05, 4.69) is 47.4 Å². The van der Waals surface area contributed by atoms with Crippen LogP contribution in [0.15, 0.2) is 24.4 Å². The molecule has 1 aliphatic heterocycles. The molecule has 0 aliphatic carbocycles. The summed E-state index contributed by atoms with van der Waals surface area (Å²) in [5.74, 6) is 1.67. The van der Waals surface area contributed by atoms with Crippen molar-refractivity contribution in [2.45, 2.75) is 32.7 Å². The molecule has 1 fully saturated rings. The molecule has 142 valence electrons. The van der Waals surface area contributed by atoms with Crippen LogP contribution in [0, 0.1) is 5.92 Å². The first-order chi connectivity index (χ1) is 11.2. The Hall–Kier alpha value is -0.940. The van der Waals surface area contributed by atoms with Gasteiger partial charge in [0.15, 0.2) is 0 Å². The Morgan fingerprint density at radius 2 is 1.84 bits per heavy atom. The number of nitrogens with zero attached hydrogens (tertiary/aromatic N) is 1. The molecule has 1 aromatic heterocycles. The molecule has 0 amide bonds. The van der Waals surface area contributed by atoms with Crippen LogP contribution in [0.1, 0.15) is 38.3 Å². The first-order valence-corrected chi connectivity index (χ1v) is 8.79. The lowest BCUT2D eigenvalue weighted by atomic mass is 9.95. The minimum atomic E-state index is 0. The van der Waals surface area contributed by atoms with Crippen LogP contribution in [0.5, 0.6) is 5.75 Å². The second-order valence-corrected chi connectivity index (χ2v) is 6.93. The zero-order valence-corrected chi connectivity index (χ0v) is 17.0. The second-order valence-electron chi connectivity index (χ2n) is 6.93. The van der Waals surface area contributed by atoms with E-state index < -0.39 is 0 Å². The molecule has 1 saturated heterocycles. The molecule has 0 saturated carbocycles. The van der Waals surface area contributed by atoms with Gasteiger partial charge in [0.2, 0.25) is 0 Å². The van der Waals surface area contributed by atoms with Gasteiger partial charge in [0.1, 0.15) is 5.75 Å². The number of fused-ring (bicyclic) bond motifs is 1. The molecule has 0 bridgehead atoms. The molecule has 1 atom stereocenters. The lowest BCUT2D eigenvalue weighted by Gasteiger charge is -2.35. The van der Waals surface area contributed by atoms with Crippen molar-refractivity contribution in [3.63, 3.8) is 0 Å². The highest BCUT2D eigenvalue weighted by atomic mass is 35.5. The van der Waals surface area contributed by atoms with Gasteiger partial charge in [0, 0.05) is 49.3 Å². The molecule has 0 unspecified atom stereocenters. The largest absolute Gasteiger partial charge is 0.497 e. The van der Waals surface area contributed by atoms with Crippen LogP contribution in [0.3, 0.4) is 0 Å². The molecule has 4 nitrogen and oxygen atoms in total. The summed E-state index contributed by atoms with van der Waals surface area (Å²) < 4.78 is 5.43. The van der Waals surface area contributed by atoms with E-state index in [9.17, 15) is 0 Å². The smallest absolute Gasteiger partial charge is 0.119 e. The highest BCUT2D eigenvalue weighted by Gasteiger charge is 2.24. The summed E-state index contributed by atoms with van der Waals surface area (Å²) in [4.78, 5) is 6.09. The van der Waals surface area contributed by atoms with E-state index in [1.165, 1.54) is 29.3 Å². The second kappa shape index (κ2) is 10.3. The molecule has 6 heteroatoms. The quantitative estimate of drug-likeness (QED) is 0.771. The zero-order chi connectivity index (χ0) is 16.2. The van der Waals surface area contributed by atoms with Crippen LogP contribution in [0.2, 0.25) is 0 Å². The van der Waals surface area contributed by atoms with Crippen LogP contribution in [-0.4, -0.2) is 43.2 Å². The van der Waals surface area contributed by atoms with Gasteiger partial charge < -0.3 is 15.0 Å². The average Bonchev–Trinajstić information content (AvgIpc) is 2.99. The maximum absolute atomic E-state index is 5.43. The molecule has 25 heavy (non-hydrogen) atoms. The number of hydrogen-bond donors (Lipinski definition) is 2. The maximum atomic E-state index is 5.43. The highest BCUT2D eigenvalue weighted by molar-refractivity contribution is 5.86. The Kier molecular flexibility index (Phi) is 9.08. The Morgan fingerprint density at radius 1 is 1.12 bits per heavy atom. The fraction of sp³-hybridized carbons (Fsp3) is 0.579. The third-order valence-electron chi connectivity index (χ3n) is 4.89. The summed E-state index contributed by atoms with van der Waals surface area (Å²) in [7, 11) is 1.74. The SMILES string of the molecule is COc1ccc2[nH]cc([C@H](CCC(C)C)N3CCNCC3)c2c1.Cl.Cl.